The fourth-order valence-corrected chi connectivity index (χ4v) is 1.70. The van der Waals surface area contributed by atoms with Gasteiger partial charge in [0, 0.05) is 4.57 Å². The van der Waals surface area contributed by atoms with Gasteiger partial charge in [-0.15, -0.1) is 4.52 Å². The predicted octanol–water partition coefficient (Wildman–Crippen LogP) is 1.83. The third-order valence-electron chi connectivity index (χ3n) is 1.92. The van der Waals surface area contributed by atoms with Gasteiger partial charge in [-0.1, -0.05) is 30.3 Å². The molecule has 0 bridgehead atoms. The molecule has 0 saturated carbocycles. The lowest BCUT2D eigenvalue weighted by molar-refractivity contribution is -0.134. The fourth-order valence-electron chi connectivity index (χ4n) is 1.16. The fraction of sp³-hybridized carbons (Fsp3) is 0.364. The Labute approximate surface area is 100 Å². The van der Waals surface area contributed by atoms with Gasteiger partial charge in [-0.2, -0.15) is 4.52 Å². The molecule has 1 N–H and O–H groups in total. The van der Waals surface area contributed by atoms with Crippen molar-refractivity contribution in [2.45, 2.75) is 12.8 Å². The molecule has 92 valence electrons. The van der Waals surface area contributed by atoms with Crippen LogP contribution in [0.15, 0.2) is 30.3 Å². The van der Waals surface area contributed by atoms with Gasteiger partial charge in [-0.3, -0.25) is 0 Å². The van der Waals surface area contributed by atoms with Crippen molar-refractivity contribution in [3.63, 3.8) is 0 Å². The van der Waals surface area contributed by atoms with Crippen molar-refractivity contribution in [1.29, 1.82) is 0 Å². The molecule has 0 radical (unpaired) electrons. The molecule has 0 aliphatic carbocycles. The zero-order chi connectivity index (χ0) is 12.5. The lowest BCUT2D eigenvalue weighted by atomic mass is 10.1. The molecule has 1 rings (SSSR count). The van der Waals surface area contributed by atoms with E-state index >= 15 is 0 Å². The summed E-state index contributed by atoms with van der Waals surface area (Å²) in [5.41, 5.74) is 1.01. The van der Waals surface area contributed by atoms with E-state index in [4.69, 9.17) is 5.11 Å². The largest absolute Gasteiger partial charge is 0.753 e. The van der Waals surface area contributed by atoms with Crippen LogP contribution in [0.3, 0.4) is 0 Å². The zero-order valence-corrected chi connectivity index (χ0v) is 10.1. The first-order valence-electron chi connectivity index (χ1n) is 5.18. The molecule has 0 amide bonds. The molecule has 0 aromatic heterocycles. The summed E-state index contributed by atoms with van der Waals surface area (Å²) in [6.45, 7) is -0.371. The molecule has 17 heavy (non-hydrogen) atoms. The molecule has 1 aromatic carbocycles. The van der Waals surface area contributed by atoms with Crippen LogP contribution in [0.1, 0.15) is 12.0 Å². The quantitative estimate of drug-likeness (QED) is 0.754. The van der Waals surface area contributed by atoms with Gasteiger partial charge in [0.2, 0.25) is 0 Å². The molecule has 0 fully saturated rings. The normalized spacial score (nSPS) is 11.0. The van der Waals surface area contributed by atoms with Crippen LogP contribution in [-0.2, 0) is 24.8 Å². The number of aryl methyl sites for hydroxylation is 1. The van der Waals surface area contributed by atoms with Gasteiger partial charge in [-0.25, -0.2) is 4.79 Å². The summed E-state index contributed by atoms with van der Waals surface area (Å²) in [5, 5.41) is 8.41. The number of benzene rings is 1. The summed E-state index contributed by atoms with van der Waals surface area (Å²) >= 11 is 0. The molecule has 0 saturated heterocycles. The molecule has 6 heteroatoms. The SMILES string of the molecule is O=C(CCc1ccccc1)O[P+](=O)OCCO. The molecule has 0 heterocycles. The minimum absolute atomic E-state index is 0.110. The monoisotopic (exact) mass is 257 g/mol. The summed E-state index contributed by atoms with van der Waals surface area (Å²) < 4.78 is 20.0. The van der Waals surface area contributed by atoms with Gasteiger partial charge in [0.1, 0.15) is 6.61 Å². The summed E-state index contributed by atoms with van der Waals surface area (Å²) in [6.07, 6.45) is 0.677. The van der Waals surface area contributed by atoms with E-state index in [-0.39, 0.29) is 19.6 Å². The van der Waals surface area contributed by atoms with E-state index in [0.717, 1.165) is 5.56 Å². The summed E-state index contributed by atoms with van der Waals surface area (Å²) in [6, 6.07) is 9.45. The van der Waals surface area contributed by atoms with Crippen LogP contribution in [0.5, 0.6) is 0 Å². The van der Waals surface area contributed by atoms with Gasteiger partial charge in [0.15, 0.2) is 0 Å². The molecule has 0 spiro atoms. The predicted molar refractivity (Wildman–Crippen MR) is 61.5 cm³/mol. The maximum atomic E-state index is 11.2. The molecule has 0 aliphatic heterocycles. The average Bonchev–Trinajstić information content (AvgIpc) is 2.35. The molecule has 5 nitrogen and oxygen atoms in total. The van der Waals surface area contributed by atoms with Gasteiger partial charge in [-0.05, 0) is 12.0 Å². The lowest BCUT2D eigenvalue weighted by Gasteiger charge is -1.96. The van der Waals surface area contributed by atoms with Gasteiger partial charge < -0.3 is 5.11 Å². The van der Waals surface area contributed by atoms with E-state index in [2.05, 4.69) is 9.05 Å². The van der Waals surface area contributed by atoms with Gasteiger partial charge >= 0.3 is 14.2 Å². The minimum atomic E-state index is -2.47. The first kappa shape index (κ1) is 13.8. The Morgan fingerprint density at radius 2 is 2.00 bits per heavy atom. The second-order valence-corrected chi connectivity index (χ2v) is 4.12. The van der Waals surface area contributed by atoms with Crippen LogP contribution >= 0.6 is 8.25 Å². The van der Waals surface area contributed by atoms with Crippen LogP contribution < -0.4 is 0 Å². The van der Waals surface area contributed by atoms with Crippen molar-refractivity contribution in [1.82, 2.24) is 0 Å². The third-order valence-corrected chi connectivity index (χ3v) is 2.67. The standard InChI is InChI=1S/C11H14O5P/c12-8-9-15-17(14)16-11(13)7-6-10-4-2-1-3-5-10/h1-5,12H,6-9H2/q+1. The van der Waals surface area contributed by atoms with Crippen LogP contribution in [0, 0.1) is 0 Å². The molecule has 1 atom stereocenters. The van der Waals surface area contributed by atoms with Crippen molar-refractivity contribution in [2.75, 3.05) is 13.2 Å². The van der Waals surface area contributed by atoms with Crippen LogP contribution in [0.2, 0.25) is 0 Å². The number of hydrogen-bond acceptors (Lipinski definition) is 5. The molecular formula is C11H14O5P+. The number of rotatable bonds is 7. The highest BCUT2D eigenvalue weighted by atomic mass is 31.1. The Morgan fingerprint density at radius 1 is 1.29 bits per heavy atom. The zero-order valence-electron chi connectivity index (χ0n) is 9.24. The van der Waals surface area contributed by atoms with Crippen LogP contribution in [0.4, 0.5) is 0 Å². The second-order valence-electron chi connectivity index (χ2n) is 3.23. The highest BCUT2D eigenvalue weighted by Crippen LogP contribution is 2.24. The number of aliphatic hydroxyl groups excluding tert-OH is 1. The first-order chi connectivity index (χ1) is 8.22. The smallest absolute Gasteiger partial charge is 0.394 e. The number of carbonyl (C=O) groups excluding carboxylic acids is 1. The highest BCUT2D eigenvalue weighted by Gasteiger charge is 2.25. The molecule has 0 aliphatic rings. The van der Waals surface area contributed by atoms with Crippen LogP contribution in [0.25, 0.3) is 0 Å². The maximum absolute atomic E-state index is 11.2. The van der Waals surface area contributed by atoms with Crippen LogP contribution in [-0.4, -0.2) is 24.3 Å². The van der Waals surface area contributed by atoms with Crippen molar-refractivity contribution in [3.05, 3.63) is 35.9 Å². The maximum Gasteiger partial charge on any atom is 0.753 e. The average molecular weight is 257 g/mol. The van der Waals surface area contributed by atoms with E-state index in [1.807, 2.05) is 30.3 Å². The molecular weight excluding hydrogens is 243 g/mol. The number of carbonyl (C=O) groups is 1. The molecule has 1 unspecified atom stereocenters. The van der Waals surface area contributed by atoms with E-state index in [9.17, 15) is 9.36 Å². The minimum Gasteiger partial charge on any atom is -0.394 e. The van der Waals surface area contributed by atoms with Crippen molar-refractivity contribution >= 4 is 14.2 Å². The van der Waals surface area contributed by atoms with Crippen molar-refractivity contribution in [3.8, 4) is 0 Å². The van der Waals surface area contributed by atoms with Gasteiger partial charge in [0.05, 0.1) is 13.0 Å². The van der Waals surface area contributed by atoms with E-state index in [0.29, 0.717) is 6.42 Å². The summed E-state index contributed by atoms with van der Waals surface area (Å²) in [5.74, 6) is -0.576. The van der Waals surface area contributed by atoms with Crippen molar-refractivity contribution < 1.29 is 23.5 Å². The first-order valence-corrected chi connectivity index (χ1v) is 6.27. The Hall–Kier alpha value is -1.29. The van der Waals surface area contributed by atoms with E-state index in [1.54, 1.807) is 0 Å². The number of aliphatic hydroxyl groups is 1. The third kappa shape index (κ3) is 6.12. The topological polar surface area (TPSA) is 72.8 Å². The molecule has 1 aromatic rings. The Kier molecular flexibility index (Phi) is 6.40. The lowest BCUT2D eigenvalue weighted by Crippen LogP contribution is -2.02. The Bertz CT molecular complexity index is 365. The second kappa shape index (κ2) is 7.90. The Balaban J connectivity index is 2.24. The summed E-state index contributed by atoms with van der Waals surface area (Å²) in [4.78, 5) is 11.2. The van der Waals surface area contributed by atoms with Crippen molar-refractivity contribution in [2.24, 2.45) is 0 Å². The van der Waals surface area contributed by atoms with E-state index < -0.39 is 14.2 Å². The number of hydrogen-bond donors (Lipinski definition) is 1. The Morgan fingerprint density at radius 3 is 2.65 bits per heavy atom. The van der Waals surface area contributed by atoms with E-state index in [1.165, 1.54) is 0 Å². The van der Waals surface area contributed by atoms with Gasteiger partial charge in [0.25, 0.3) is 0 Å². The highest BCUT2D eigenvalue weighted by molar-refractivity contribution is 7.34. The summed E-state index contributed by atoms with van der Waals surface area (Å²) in [7, 11) is -2.47.